The molecule has 0 spiro atoms. The van der Waals surface area contributed by atoms with E-state index in [2.05, 4.69) is 15.1 Å². The van der Waals surface area contributed by atoms with Crippen LogP contribution in [0.1, 0.15) is 13.8 Å². The van der Waals surface area contributed by atoms with Crippen LogP contribution in [-0.2, 0) is 4.52 Å². The van der Waals surface area contributed by atoms with Crippen molar-refractivity contribution in [2.45, 2.75) is 20.0 Å². The van der Waals surface area contributed by atoms with Crippen LogP contribution in [-0.4, -0.2) is 27.9 Å². The molecule has 0 aromatic heterocycles. The third kappa shape index (κ3) is 7.20. The molecule has 0 heterocycles. The maximum atomic E-state index is 5.76. The fourth-order valence-corrected chi connectivity index (χ4v) is 2.69. The predicted molar refractivity (Wildman–Crippen MR) is 40.7 cm³/mol. The van der Waals surface area contributed by atoms with Gasteiger partial charge in [0.1, 0.15) is 0 Å². The van der Waals surface area contributed by atoms with Crippen LogP contribution in [0.5, 0.6) is 0 Å². The maximum absolute atomic E-state index is 5.76. The average Bonchev–Trinajstić information content (AvgIpc) is 1.21. The van der Waals surface area contributed by atoms with E-state index in [9.17, 15) is 0 Å². The van der Waals surface area contributed by atoms with Gasteiger partial charge < -0.3 is 0 Å². The molecule has 4 heteroatoms. The minimum atomic E-state index is -1.62. The quantitative estimate of drug-likeness (QED) is 0.511. The van der Waals surface area contributed by atoms with Gasteiger partial charge in [0, 0.05) is 0 Å². The summed E-state index contributed by atoms with van der Waals surface area (Å²) in [6.45, 7) is 5.82. The van der Waals surface area contributed by atoms with Crippen molar-refractivity contribution in [1.29, 1.82) is 0 Å². The molecule has 0 radical (unpaired) electrons. The Morgan fingerprint density at radius 3 is 2.00 bits per heavy atom. The van der Waals surface area contributed by atoms with Gasteiger partial charge in [-0.15, -0.1) is 0 Å². The van der Waals surface area contributed by atoms with Gasteiger partial charge in [0.05, 0.1) is 0 Å². The van der Waals surface area contributed by atoms with E-state index >= 15 is 0 Å². The van der Waals surface area contributed by atoms with Gasteiger partial charge in [-0.05, 0) is 0 Å². The first-order valence-electron chi connectivity index (χ1n) is 2.37. The van der Waals surface area contributed by atoms with Gasteiger partial charge in [-0.2, -0.15) is 0 Å². The van der Waals surface area contributed by atoms with Crippen molar-refractivity contribution in [3.05, 3.63) is 0 Å². The summed E-state index contributed by atoms with van der Waals surface area (Å²) in [4.78, 5) is 0. The zero-order valence-electron chi connectivity index (χ0n) is 5.22. The third-order valence-electron chi connectivity index (χ3n) is 0.399. The molecule has 1 unspecified atom stereocenters. The molecule has 0 rings (SSSR count). The first kappa shape index (κ1) is 9.20. The van der Waals surface area contributed by atoms with Crippen molar-refractivity contribution in [1.82, 2.24) is 0 Å². The fraction of sp³-hybridized carbons (Fsp3) is 1.00. The van der Waals surface area contributed by atoms with Crippen LogP contribution in [0.2, 0.25) is 0 Å². The van der Waals surface area contributed by atoms with Crippen molar-refractivity contribution < 1.29 is 4.52 Å². The van der Waals surface area contributed by atoms with Crippen LogP contribution < -0.4 is 0 Å². The molecule has 0 N–H and O–H groups in total. The molecule has 0 aliphatic heterocycles. The Hall–Kier alpha value is 1.20. The first-order valence-corrected chi connectivity index (χ1v) is 7.65. The monoisotopic (exact) mass is 220 g/mol. The molecule has 0 aromatic carbocycles. The zero-order chi connectivity index (χ0) is 6.78. The molecule has 0 saturated heterocycles. The normalized spacial score (nSPS) is 18.6. The molecule has 1 atom stereocenters. The van der Waals surface area contributed by atoms with Crippen LogP contribution in [0.4, 0.5) is 0 Å². The van der Waals surface area contributed by atoms with Crippen molar-refractivity contribution >= 4 is 31.4 Å². The number of hydrogen-bond acceptors (Lipinski definition) is 1. The van der Waals surface area contributed by atoms with Gasteiger partial charge in [0.25, 0.3) is 0 Å². The van der Waals surface area contributed by atoms with E-state index in [1.807, 2.05) is 20.5 Å². The molecular formula is C4H10ClOPSe. The standard InChI is InChI=1S/C4H10ClOPSe/c1-4(2)6-7(3,5)8/h4H,1-3H3. The Morgan fingerprint density at radius 1 is 1.62 bits per heavy atom. The summed E-state index contributed by atoms with van der Waals surface area (Å²) < 4.78 is 5.26. The van der Waals surface area contributed by atoms with Gasteiger partial charge in [-0.1, -0.05) is 0 Å². The van der Waals surface area contributed by atoms with Gasteiger partial charge in [0.2, 0.25) is 0 Å². The van der Waals surface area contributed by atoms with E-state index in [4.69, 9.17) is 15.8 Å². The van der Waals surface area contributed by atoms with Gasteiger partial charge in [-0.3, -0.25) is 0 Å². The van der Waals surface area contributed by atoms with E-state index in [0.29, 0.717) is 0 Å². The molecule has 1 nitrogen and oxygen atoms in total. The van der Waals surface area contributed by atoms with E-state index in [0.717, 1.165) is 0 Å². The van der Waals surface area contributed by atoms with Crippen LogP contribution >= 0.6 is 16.3 Å². The minimum absolute atomic E-state index is 0.229. The molecule has 0 saturated carbocycles. The Balaban J connectivity index is 3.56. The molecular weight excluding hydrogens is 209 g/mol. The van der Waals surface area contributed by atoms with Gasteiger partial charge in [-0.25, -0.2) is 0 Å². The predicted octanol–water partition coefficient (Wildman–Crippen LogP) is 2.21. The van der Waals surface area contributed by atoms with Crippen molar-refractivity contribution in [3.8, 4) is 0 Å². The van der Waals surface area contributed by atoms with E-state index < -0.39 is 5.09 Å². The fourth-order valence-electron chi connectivity index (χ4n) is 0.377. The zero-order valence-corrected chi connectivity index (χ0v) is 8.58. The summed E-state index contributed by atoms with van der Waals surface area (Å²) in [6.07, 6.45) is 0.229. The van der Waals surface area contributed by atoms with Crippen molar-refractivity contribution in [2.24, 2.45) is 0 Å². The van der Waals surface area contributed by atoms with Gasteiger partial charge >= 0.3 is 62.6 Å². The Bertz CT molecular complexity index is 109. The summed E-state index contributed by atoms with van der Waals surface area (Å²) >= 11 is 8.56. The second kappa shape index (κ2) is 3.39. The molecule has 8 heavy (non-hydrogen) atoms. The summed E-state index contributed by atoms with van der Waals surface area (Å²) in [5.74, 6) is 0. The third-order valence-corrected chi connectivity index (χ3v) is 1.98. The SMILES string of the molecule is CC(C)OP(C)(Cl)=[Se]. The molecule has 0 aliphatic rings. The van der Waals surface area contributed by atoms with Crippen LogP contribution in [0.25, 0.3) is 0 Å². The van der Waals surface area contributed by atoms with Crippen molar-refractivity contribution in [3.63, 3.8) is 0 Å². The van der Waals surface area contributed by atoms with E-state index in [-0.39, 0.29) is 6.10 Å². The molecule has 50 valence electrons. The number of halogens is 1. The molecule has 0 bridgehead atoms. The Labute approximate surface area is 62.8 Å². The Kier molecular flexibility index (Phi) is 3.90. The molecule has 0 amide bonds. The second-order valence-corrected chi connectivity index (χ2v) is 11.3. The summed E-state index contributed by atoms with van der Waals surface area (Å²) in [7, 11) is 0. The molecule has 0 aliphatic carbocycles. The molecule has 0 aromatic rings. The number of hydrogen-bond donors (Lipinski definition) is 0. The van der Waals surface area contributed by atoms with Crippen molar-refractivity contribution in [2.75, 3.05) is 6.66 Å². The summed E-state index contributed by atoms with van der Waals surface area (Å²) in [5.41, 5.74) is 0. The summed E-state index contributed by atoms with van der Waals surface area (Å²) in [6, 6.07) is 0. The molecule has 0 fully saturated rings. The van der Waals surface area contributed by atoms with E-state index in [1.165, 1.54) is 0 Å². The van der Waals surface area contributed by atoms with Crippen LogP contribution in [0.15, 0.2) is 0 Å². The average molecular weight is 220 g/mol. The first-order chi connectivity index (χ1) is 3.42. The number of rotatable bonds is 2. The van der Waals surface area contributed by atoms with Crippen LogP contribution in [0.3, 0.4) is 0 Å². The van der Waals surface area contributed by atoms with E-state index in [1.54, 1.807) is 0 Å². The van der Waals surface area contributed by atoms with Crippen LogP contribution in [0, 0.1) is 0 Å². The van der Waals surface area contributed by atoms with Gasteiger partial charge in [0.15, 0.2) is 0 Å². The Morgan fingerprint density at radius 2 is 2.00 bits per heavy atom. The second-order valence-electron chi connectivity index (χ2n) is 1.90. The summed E-state index contributed by atoms with van der Waals surface area (Å²) in [5, 5.41) is -1.62. The topological polar surface area (TPSA) is 9.23 Å².